The Labute approximate surface area is 123 Å². The van der Waals surface area contributed by atoms with Crippen molar-refractivity contribution < 1.29 is 28.6 Å². The molecule has 0 aliphatic carbocycles. The van der Waals surface area contributed by atoms with Crippen molar-refractivity contribution in [1.29, 1.82) is 0 Å². The summed E-state index contributed by atoms with van der Waals surface area (Å²) in [6.45, 7) is 8.72. The van der Waals surface area contributed by atoms with Crippen LogP contribution in [0.1, 0.15) is 34.6 Å². The van der Waals surface area contributed by atoms with E-state index >= 15 is 0 Å². The number of rotatable bonds is 3. The van der Waals surface area contributed by atoms with E-state index in [2.05, 4.69) is 0 Å². The molecule has 0 N–H and O–H groups in total. The van der Waals surface area contributed by atoms with Crippen LogP contribution in [0.25, 0.3) is 0 Å². The lowest BCUT2D eigenvalue weighted by atomic mass is 9.64. The number of hydrogen-bond acceptors (Lipinski definition) is 6. The van der Waals surface area contributed by atoms with Gasteiger partial charge in [0.15, 0.2) is 5.92 Å². The van der Waals surface area contributed by atoms with Crippen LogP contribution < -0.4 is 0 Å². The number of cyclic esters (lactones) is 2. The number of ether oxygens (including phenoxy) is 3. The minimum absolute atomic E-state index is 0.00368. The molecule has 0 saturated carbocycles. The summed E-state index contributed by atoms with van der Waals surface area (Å²) in [4.78, 5) is 36.0. The highest BCUT2D eigenvalue weighted by molar-refractivity contribution is 5.98. The van der Waals surface area contributed by atoms with Gasteiger partial charge in [0.2, 0.25) is 0 Å². The first-order valence-electron chi connectivity index (χ1n) is 6.93. The molecule has 2 heterocycles. The summed E-state index contributed by atoms with van der Waals surface area (Å²) >= 11 is 0. The predicted molar refractivity (Wildman–Crippen MR) is 72.1 cm³/mol. The Bertz CT molecular complexity index is 548. The molecule has 0 radical (unpaired) electrons. The fraction of sp³-hybridized carbons (Fsp3) is 0.667. The molecule has 6 nitrogen and oxygen atoms in total. The average Bonchev–Trinajstić information content (AvgIpc) is 2.83. The standard InChI is InChI=1S/C15H20O6/c1-6-19-12(17)10-13(18)20-7-14(10,4)15(5)9(3)8(2)11(16)21-15/h10H,6-7H2,1-5H3/t10-,14-,15?/m1/s1. The number of hydrogen-bond donors (Lipinski definition) is 0. The monoisotopic (exact) mass is 296 g/mol. The van der Waals surface area contributed by atoms with Gasteiger partial charge in [0.1, 0.15) is 12.2 Å². The van der Waals surface area contributed by atoms with Crippen LogP contribution in [0.2, 0.25) is 0 Å². The SMILES string of the molecule is CCOC(=O)[C@@H]1C(=O)OC[C@@]1(C)C1(C)OC(=O)C(C)=C1C. The predicted octanol–water partition coefficient (Wildman–Crippen LogP) is 1.38. The molecule has 116 valence electrons. The molecule has 2 aliphatic heterocycles. The Morgan fingerprint density at radius 1 is 1.33 bits per heavy atom. The first kappa shape index (κ1) is 15.5. The molecule has 0 spiro atoms. The van der Waals surface area contributed by atoms with Gasteiger partial charge >= 0.3 is 17.9 Å². The third kappa shape index (κ3) is 1.96. The van der Waals surface area contributed by atoms with E-state index in [4.69, 9.17) is 14.2 Å². The van der Waals surface area contributed by atoms with Crippen molar-refractivity contribution in [1.82, 2.24) is 0 Å². The minimum atomic E-state index is -1.10. The zero-order valence-electron chi connectivity index (χ0n) is 12.9. The highest BCUT2D eigenvalue weighted by Gasteiger charge is 2.65. The second-order valence-electron chi connectivity index (χ2n) is 5.88. The van der Waals surface area contributed by atoms with Crippen molar-refractivity contribution in [2.45, 2.75) is 40.2 Å². The summed E-state index contributed by atoms with van der Waals surface area (Å²) in [5, 5.41) is 0. The molecule has 21 heavy (non-hydrogen) atoms. The average molecular weight is 296 g/mol. The zero-order chi connectivity index (χ0) is 16.0. The topological polar surface area (TPSA) is 78.9 Å². The van der Waals surface area contributed by atoms with E-state index in [1.807, 2.05) is 0 Å². The van der Waals surface area contributed by atoms with E-state index in [1.165, 1.54) is 0 Å². The molecule has 6 heteroatoms. The van der Waals surface area contributed by atoms with Gasteiger partial charge < -0.3 is 14.2 Å². The molecular formula is C15H20O6. The maximum Gasteiger partial charge on any atom is 0.334 e. The van der Waals surface area contributed by atoms with Gasteiger partial charge in [-0.15, -0.1) is 0 Å². The molecule has 0 aromatic heterocycles. The summed E-state index contributed by atoms with van der Waals surface area (Å²) in [5.74, 6) is -2.81. The maximum atomic E-state index is 12.2. The summed E-state index contributed by atoms with van der Waals surface area (Å²) in [7, 11) is 0. The molecule has 3 atom stereocenters. The Kier molecular flexibility index (Phi) is 3.59. The minimum Gasteiger partial charge on any atom is -0.465 e. The molecule has 2 aliphatic rings. The van der Waals surface area contributed by atoms with E-state index in [0.717, 1.165) is 0 Å². The first-order valence-corrected chi connectivity index (χ1v) is 6.93. The zero-order valence-corrected chi connectivity index (χ0v) is 12.9. The van der Waals surface area contributed by atoms with Crippen LogP contribution in [0.15, 0.2) is 11.1 Å². The smallest absolute Gasteiger partial charge is 0.334 e. The van der Waals surface area contributed by atoms with Crippen LogP contribution in [-0.2, 0) is 28.6 Å². The number of esters is 3. The number of carbonyl (C=O) groups is 3. The lowest BCUT2D eigenvalue weighted by Crippen LogP contribution is -2.53. The Morgan fingerprint density at radius 2 is 1.95 bits per heavy atom. The molecule has 0 bridgehead atoms. The lowest BCUT2D eigenvalue weighted by Gasteiger charge is -2.41. The van der Waals surface area contributed by atoms with E-state index in [0.29, 0.717) is 11.1 Å². The second kappa shape index (κ2) is 4.86. The van der Waals surface area contributed by atoms with Crippen LogP contribution in [0.5, 0.6) is 0 Å². The lowest BCUT2D eigenvalue weighted by molar-refractivity contribution is -0.170. The second-order valence-corrected chi connectivity index (χ2v) is 5.88. The fourth-order valence-corrected chi connectivity index (χ4v) is 3.04. The quantitative estimate of drug-likeness (QED) is 0.445. The molecule has 1 fully saturated rings. The molecule has 1 saturated heterocycles. The Hall–Kier alpha value is -1.85. The van der Waals surface area contributed by atoms with Crippen LogP contribution in [0, 0.1) is 11.3 Å². The molecule has 2 rings (SSSR count). The largest absolute Gasteiger partial charge is 0.465 e. The van der Waals surface area contributed by atoms with Gasteiger partial charge in [-0.05, 0) is 33.3 Å². The summed E-state index contributed by atoms with van der Waals surface area (Å²) in [6, 6.07) is 0. The molecular weight excluding hydrogens is 276 g/mol. The first-order chi connectivity index (χ1) is 9.69. The number of carbonyl (C=O) groups excluding carboxylic acids is 3. The van der Waals surface area contributed by atoms with E-state index in [9.17, 15) is 14.4 Å². The van der Waals surface area contributed by atoms with Gasteiger partial charge in [-0.25, -0.2) is 4.79 Å². The Morgan fingerprint density at radius 3 is 2.43 bits per heavy atom. The van der Waals surface area contributed by atoms with E-state index < -0.39 is 34.8 Å². The van der Waals surface area contributed by atoms with Crippen LogP contribution in [0.3, 0.4) is 0 Å². The highest BCUT2D eigenvalue weighted by atomic mass is 16.6. The van der Waals surface area contributed by atoms with Crippen molar-refractivity contribution in [3.8, 4) is 0 Å². The van der Waals surface area contributed by atoms with Gasteiger partial charge in [-0.2, -0.15) is 0 Å². The van der Waals surface area contributed by atoms with Gasteiger partial charge in [-0.3, -0.25) is 9.59 Å². The van der Waals surface area contributed by atoms with Gasteiger partial charge in [0, 0.05) is 5.57 Å². The third-order valence-electron chi connectivity index (χ3n) is 4.88. The van der Waals surface area contributed by atoms with E-state index in [-0.39, 0.29) is 13.2 Å². The van der Waals surface area contributed by atoms with Crippen molar-refractivity contribution in [3.05, 3.63) is 11.1 Å². The molecule has 0 aromatic rings. The Balaban J connectivity index is 2.48. The van der Waals surface area contributed by atoms with Crippen LogP contribution >= 0.6 is 0 Å². The third-order valence-corrected chi connectivity index (χ3v) is 4.88. The molecule has 1 unspecified atom stereocenters. The van der Waals surface area contributed by atoms with Crippen molar-refractivity contribution in [2.75, 3.05) is 13.2 Å². The fourth-order valence-electron chi connectivity index (χ4n) is 3.04. The molecule has 0 amide bonds. The van der Waals surface area contributed by atoms with Gasteiger partial charge in [-0.1, -0.05) is 6.92 Å². The highest BCUT2D eigenvalue weighted by Crippen LogP contribution is 2.52. The maximum absolute atomic E-state index is 12.2. The summed E-state index contributed by atoms with van der Waals surface area (Å²) in [6.07, 6.45) is 0. The summed E-state index contributed by atoms with van der Waals surface area (Å²) in [5.41, 5.74) is -0.853. The van der Waals surface area contributed by atoms with Crippen molar-refractivity contribution >= 4 is 17.9 Å². The van der Waals surface area contributed by atoms with Crippen LogP contribution in [0.4, 0.5) is 0 Å². The van der Waals surface area contributed by atoms with E-state index in [1.54, 1.807) is 34.6 Å². The summed E-state index contributed by atoms with van der Waals surface area (Å²) < 4.78 is 15.6. The van der Waals surface area contributed by atoms with Crippen LogP contribution in [-0.4, -0.2) is 36.7 Å². The van der Waals surface area contributed by atoms with Gasteiger partial charge in [0.25, 0.3) is 0 Å². The van der Waals surface area contributed by atoms with Crippen molar-refractivity contribution in [3.63, 3.8) is 0 Å². The molecule has 0 aromatic carbocycles. The van der Waals surface area contributed by atoms with Crippen molar-refractivity contribution in [2.24, 2.45) is 11.3 Å². The normalized spacial score (nSPS) is 35.8. The van der Waals surface area contributed by atoms with Gasteiger partial charge in [0.05, 0.1) is 12.0 Å².